The Labute approximate surface area is 844 Å². The van der Waals surface area contributed by atoms with E-state index in [1.807, 2.05) is 84.3 Å². The number of anilines is 5. The van der Waals surface area contributed by atoms with E-state index in [-0.39, 0.29) is 121 Å². The van der Waals surface area contributed by atoms with Crippen LogP contribution in [0.5, 0.6) is 17.6 Å². The Morgan fingerprint density at radius 1 is 0.406 bits per heavy atom. The van der Waals surface area contributed by atoms with Crippen molar-refractivity contribution in [2.45, 2.75) is 388 Å². The average Bonchev–Trinajstić information content (AvgIpc) is 0.920. The number of carbonyl (C=O) groups excluding carboxylic acids is 4. The maximum atomic E-state index is 12.8. The number of aliphatic carboxylic acids is 1. The summed E-state index contributed by atoms with van der Waals surface area (Å²) in [4.78, 5) is 109. The Morgan fingerprint density at radius 2 is 0.696 bits per heavy atom. The van der Waals surface area contributed by atoms with E-state index < -0.39 is 28.9 Å². The third kappa shape index (κ3) is 35.0. The normalized spacial score (nSPS) is 25.8. The summed E-state index contributed by atoms with van der Waals surface area (Å²) < 4.78 is 56.3. The van der Waals surface area contributed by atoms with Gasteiger partial charge in [0.05, 0.1) is 52.4 Å². The summed E-state index contributed by atoms with van der Waals surface area (Å²) in [6.45, 7) is 27.4. The lowest BCUT2D eigenvalue weighted by molar-refractivity contribution is -0.141. The van der Waals surface area contributed by atoms with Gasteiger partial charge in [0.1, 0.15) is 66.7 Å². The van der Waals surface area contributed by atoms with Gasteiger partial charge in [-0.3, -0.25) is 9.59 Å². The maximum absolute atomic E-state index is 12.8. The number of carbonyl (C=O) groups is 5. The molecule has 2 saturated carbocycles. The predicted molar refractivity (Wildman–Crippen MR) is 541 cm³/mol. The third-order valence-corrected chi connectivity index (χ3v) is 27.0. The highest BCUT2D eigenvalue weighted by Crippen LogP contribution is 2.45. The molecule has 40 heteroatoms. The molecule has 12 aliphatic rings. The Morgan fingerprint density at radius 3 is 0.964 bits per heavy atom. The summed E-state index contributed by atoms with van der Waals surface area (Å²) in [5, 5.41) is 22.0. The predicted octanol–water partition coefficient (Wildman–Crippen LogP) is 19.7. The maximum Gasteiger partial charge on any atom is 0.435 e. The van der Waals surface area contributed by atoms with Gasteiger partial charge in [-0.15, -0.1) is 5.10 Å². The highest BCUT2D eigenvalue weighted by Gasteiger charge is 2.48. The molecule has 8 bridgehead atoms. The number of hydrogen-bond donors (Lipinski definition) is 3. The van der Waals surface area contributed by atoms with E-state index in [9.17, 15) is 24.0 Å². The van der Waals surface area contributed by atoms with Gasteiger partial charge >= 0.3 is 24.2 Å². The van der Waals surface area contributed by atoms with Gasteiger partial charge < -0.3 is 97.6 Å². The molecular weight excluding hydrogens is 1880 g/mol. The zero-order chi connectivity index (χ0) is 97.0. The second kappa shape index (κ2) is 54.0. The van der Waals surface area contributed by atoms with Crippen molar-refractivity contribution in [3.8, 4) is 17.6 Å². The van der Waals surface area contributed by atoms with E-state index in [1.54, 1.807) is 58.9 Å². The van der Waals surface area contributed by atoms with Crippen LogP contribution in [0, 0.1) is 18.8 Å². The van der Waals surface area contributed by atoms with Crippen LogP contribution in [0.4, 0.5) is 44.0 Å². The van der Waals surface area contributed by atoms with Crippen LogP contribution in [0.3, 0.4) is 0 Å². The summed E-state index contributed by atoms with van der Waals surface area (Å²) in [5.41, 5.74) is 4.61. The Bertz CT molecular complexity index is 4550. The minimum Gasteiger partial charge on any atom is -0.481 e. The fraction of sp³-hybridized carbons (Fsp3) is 0.755. The lowest BCUT2D eigenvalue weighted by Gasteiger charge is -2.50. The van der Waals surface area contributed by atoms with Gasteiger partial charge in [0.25, 0.3) is 0 Å². The van der Waals surface area contributed by atoms with Crippen molar-refractivity contribution < 1.29 is 81.6 Å². The lowest BCUT2D eigenvalue weighted by atomic mass is 9.70. The van der Waals surface area contributed by atoms with Crippen molar-refractivity contribution in [2.75, 3.05) is 106 Å². The van der Waals surface area contributed by atoms with Crippen molar-refractivity contribution in [3.63, 3.8) is 0 Å². The molecule has 5 aromatic rings. The van der Waals surface area contributed by atoms with Crippen molar-refractivity contribution in [1.82, 2.24) is 64.4 Å². The molecule has 778 valence electrons. The van der Waals surface area contributed by atoms with Crippen molar-refractivity contribution in [1.29, 1.82) is 0 Å². The zero-order valence-corrected chi connectivity index (χ0v) is 84.7. The molecule has 10 saturated heterocycles. The van der Waals surface area contributed by atoms with E-state index >= 15 is 0 Å². The number of rotatable bonds is 16. The molecule has 35 nitrogen and oxygen atoms in total. The minimum atomic E-state index is -0.745. The van der Waals surface area contributed by atoms with E-state index in [1.165, 1.54) is 51.0 Å². The SMILES string of the molecule is C.C.C.C.CCC(=O)N1[C@@H]2CCC[C@H]1CC(N(C)c1nc(Cl)cc(OC3CCOC3)n1)C2.CCC(=O)O.CN(c1nc(Cl)cc(Cl)n1)C1C[C@H]2CCC[C@@H](C1)N2C(=O)OC(C)(C)C.CN(c1nc(Cl)cc(OC2CCOC2)n1)C1C[C@H]2CCC[C@@H](C1)C2.CN(c1nc(Cl)cc(OC2CCOC2)n1)C1C[C@H]2CCC[C@@H](C1)N2C(=O)OC(C)(C)C.Cc1cc(N)nn1C(=O)OC(C)(C)C.OC1CCOC1. The number of aliphatic hydroxyl groups excluding tert-OH is 1. The molecule has 15 heterocycles. The largest absolute Gasteiger partial charge is 0.481 e. The number of nitrogen functional groups attached to an aromatic ring is 1. The Balaban J connectivity index is 0.000000229. The zero-order valence-electron chi connectivity index (χ0n) is 81.0. The first-order valence-electron chi connectivity index (χ1n) is 47.9. The first kappa shape index (κ1) is 117. The van der Waals surface area contributed by atoms with Crippen LogP contribution in [0.25, 0.3) is 0 Å². The summed E-state index contributed by atoms with van der Waals surface area (Å²) >= 11 is 30.8. The number of ether oxygens (including phenoxy) is 10. The van der Waals surface area contributed by atoms with E-state index in [2.05, 4.69) is 71.6 Å². The fourth-order valence-corrected chi connectivity index (χ4v) is 20.6. The summed E-state index contributed by atoms with van der Waals surface area (Å²) in [5.74, 6) is 5.46. The molecule has 5 aromatic heterocycles. The van der Waals surface area contributed by atoms with Crippen LogP contribution in [0.1, 0.15) is 285 Å². The van der Waals surface area contributed by atoms with Gasteiger partial charge in [-0.05, 0) is 203 Å². The number of fused-ring (bicyclic) bond motifs is 8. The average molecular weight is 2040 g/mol. The topological polar surface area (TPSA) is 388 Å². The number of nitrogens with zero attached hydrogens (tertiary/aromatic N) is 17. The molecule has 8 unspecified atom stereocenters. The molecule has 12 fully saturated rings. The summed E-state index contributed by atoms with van der Waals surface area (Å²) in [6, 6.07) is 10.7. The molecule has 2 aliphatic carbocycles. The van der Waals surface area contributed by atoms with Crippen molar-refractivity contribution in [3.05, 3.63) is 61.8 Å². The number of aliphatic hydroxyl groups is 1. The van der Waals surface area contributed by atoms with E-state index in [0.29, 0.717) is 143 Å². The highest BCUT2D eigenvalue weighted by atomic mass is 35.5. The van der Waals surface area contributed by atoms with Gasteiger partial charge in [-0.2, -0.15) is 19.6 Å². The standard InChI is InChI=1S/C22H33ClN4O4.C20H29ClN4O3.C18H26Cl2N4O2.C18H26ClN3O2.C9H15N3O2.C4H8O2.C3H6O2.4CH4/c1-22(2,3)31-21(28)27-14-6-5-7-15(27)11-16(10-14)26(4)20-24-18(23)12-19(25-20)30-17-8-9-29-13-17;1-3-19(26)25-13-5-4-6-14(25)10-15(9-13)24(2)20-22-17(21)11-18(23-20)28-16-7-8-27-12-16;1-18(2,3)26-17(25)24-11-6-5-7-12(24)9-13(8-11)23(4)16-21-14(19)10-15(20)22-16;1-22(14-8-12-3-2-4-13(7-12)9-14)18-20-16(19)10-17(21-18)24-15-5-6-23-11-15;1-6-5-7(10)11-12(6)8(13)14-9(2,3)4;5-4-1-2-6-3-4;1-2-3(4)5;;;;/h12,14-17H,5-11,13H2,1-4H3;11,13-16H,3-10,12H2,1-2H3;10-13H,5-9H2,1-4H3;10,12-15H,2-9,11H2,1H3;5H,1-4H3,(H2,10,11);4-5H,1-3H2;2H2,1H3,(H,4,5);4*1H4/t14-,15+,16?,17?;13-,14+,15?,16?;11-,12+,13?;12-,13+,14?,15?;;;;;;;. The molecule has 4 N–H and O–H groups in total. The van der Waals surface area contributed by atoms with Gasteiger partial charge in [0, 0.05) is 163 Å². The summed E-state index contributed by atoms with van der Waals surface area (Å²) in [7, 11) is 8.08. The number of piperidine rings is 6. The van der Waals surface area contributed by atoms with Crippen LogP contribution in [0.2, 0.25) is 25.8 Å². The van der Waals surface area contributed by atoms with Crippen molar-refractivity contribution >= 4 is 118 Å². The van der Waals surface area contributed by atoms with Crippen molar-refractivity contribution in [2.24, 2.45) is 11.8 Å². The Kier molecular flexibility index (Phi) is 45.8. The first-order chi connectivity index (χ1) is 63.5. The fourth-order valence-electron chi connectivity index (χ4n) is 19.7. The molecular formula is C98H159Cl5N18O17. The van der Waals surface area contributed by atoms with Crippen LogP contribution < -0.4 is 39.5 Å². The van der Waals surface area contributed by atoms with E-state index in [0.717, 1.165) is 145 Å². The molecule has 16 atom stereocenters. The van der Waals surface area contributed by atoms with Crippen LogP contribution in [0.15, 0.2) is 30.3 Å². The number of carboxylic acids is 1. The first-order valence-corrected chi connectivity index (χ1v) is 49.8. The summed E-state index contributed by atoms with van der Waals surface area (Å²) in [6.07, 6.45) is 26.3. The third-order valence-electron chi connectivity index (χ3n) is 26.0. The van der Waals surface area contributed by atoms with Gasteiger partial charge in [-0.1, -0.05) is 121 Å². The second-order valence-electron chi connectivity index (χ2n) is 40.0. The number of aromatic nitrogens is 10. The molecule has 0 aromatic carbocycles. The minimum absolute atomic E-state index is 0. The number of amides is 3. The number of nitrogens with two attached hydrogens (primary N) is 1. The van der Waals surface area contributed by atoms with Crippen LogP contribution in [-0.2, 0) is 42.7 Å². The van der Waals surface area contributed by atoms with Gasteiger partial charge in [-0.25, -0.2) is 39.3 Å². The van der Waals surface area contributed by atoms with Gasteiger partial charge in [0.15, 0.2) is 0 Å². The molecule has 138 heavy (non-hydrogen) atoms. The second-order valence-corrected chi connectivity index (χ2v) is 41.9. The van der Waals surface area contributed by atoms with E-state index in [4.69, 9.17) is 121 Å². The molecule has 10 aliphatic heterocycles. The van der Waals surface area contributed by atoms with Crippen LogP contribution in [-0.4, -0.2) is 287 Å². The molecule has 3 amide bonds. The van der Waals surface area contributed by atoms with Crippen LogP contribution >= 0.6 is 58.0 Å². The number of halogens is 5. The Hall–Kier alpha value is -7.87. The molecule has 0 radical (unpaired) electrons. The lowest BCUT2D eigenvalue weighted by Crippen LogP contribution is -2.59. The smallest absolute Gasteiger partial charge is 0.435 e. The highest BCUT2D eigenvalue weighted by molar-refractivity contribution is 6.33. The quantitative estimate of drug-likeness (QED) is 0.0610. The molecule has 0 spiro atoms. The number of hydrogen-bond acceptors (Lipinski definition) is 30. The molecule has 17 rings (SSSR count). The number of carboxylic acid groups (broad SMARTS) is 1. The monoisotopic (exact) mass is 2040 g/mol. The number of aryl methyl sites for hydroxylation is 1. The van der Waals surface area contributed by atoms with Gasteiger partial charge in [0.2, 0.25) is 47.3 Å².